The van der Waals surface area contributed by atoms with E-state index in [4.69, 9.17) is 21.1 Å². The lowest BCUT2D eigenvalue weighted by Gasteiger charge is -2.08. The maximum atomic E-state index is 11.0. The van der Waals surface area contributed by atoms with E-state index in [1.165, 1.54) is 0 Å². The Kier molecular flexibility index (Phi) is 7.51. The summed E-state index contributed by atoms with van der Waals surface area (Å²) >= 11 is 0. The molecule has 0 spiro atoms. The second kappa shape index (κ2) is 8.48. The van der Waals surface area contributed by atoms with Crippen LogP contribution in [0.1, 0.15) is 0 Å². The third-order valence-electron chi connectivity index (χ3n) is 1.49. The molecule has 0 aromatic carbocycles. The van der Waals surface area contributed by atoms with Gasteiger partial charge in [-0.2, -0.15) is 0 Å². The first-order valence-electron chi connectivity index (χ1n) is 4.44. The van der Waals surface area contributed by atoms with Crippen LogP contribution in [0.15, 0.2) is 5.11 Å². The van der Waals surface area contributed by atoms with Gasteiger partial charge < -0.3 is 20.9 Å². The van der Waals surface area contributed by atoms with Crippen LogP contribution in [0.5, 0.6) is 0 Å². The van der Waals surface area contributed by atoms with E-state index in [0.29, 0.717) is 0 Å². The number of nitrogens with one attached hydrogen (secondary N) is 1. The molecule has 0 aromatic heterocycles. The second-order valence-corrected chi connectivity index (χ2v) is 2.67. The van der Waals surface area contributed by atoms with Crippen molar-refractivity contribution < 1.29 is 19.4 Å². The number of carbonyl (C=O) groups is 2. The van der Waals surface area contributed by atoms with E-state index in [9.17, 15) is 9.59 Å². The highest BCUT2D eigenvalue weighted by atomic mass is 16.5. The first-order valence-corrected chi connectivity index (χ1v) is 4.44. The van der Waals surface area contributed by atoms with E-state index in [0.717, 1.165) is 0 Å². The van der Waals surface area contributed by atoms with Crippen LogP contribution in [0.25, 0.3) is 10.4 Å². The van der Waals surface area contributed by atoms with Crippen molar-refractivity contribution in [2.75, 3.05) is 26.3 Å². The Morgan fingerprint density at radius 3 is 2.81 bits per heavy atom. The van der Waals surface area contributed by atoms with Crippen LogP contribution >= 0.6 is 0 Å². The van der Waals surface area contributed by atoms with Crippen molar-refractivity contribution in [3.8, 4) is 0 Å². The predicted molar refractivity (Wildman–Crippen MR) is 53.5 cm³/mol. The quantitative estimate of drug-likeness (QED) is 0.158. The molecule has 0 rings (SSSR count). The maximum absolute atomic E-state index is 11.0. The third kappa shape index (κ3) is 6.60. The molecule has 0 aliphatic carbocycles. The zero-order valence-corrected chi connectivity index (χ0v) is 8.50. The largest absolute Gasteiger partial charge is 0.480 e. The average molecular weight is 231 g/mol. The Bertz CT molecular complexity index is 289. The van der Waals surface area contributed by atoms with Gasteiger partial charge in [-0.1, -0.05) is 5.11 Å². The Hall–Kier alpha value is -1.83. The summed E-state index contributed by atoms with van der Waals surface area (Å²) in [5.74, 6) is -2.16. The number of amides is 1. The number of hydrogen-bond donors (Lipinski definition) is 3. The Morgan fingerprint density at radius 1 is 1.56 bits per heavy atom. The minimum absolute atomic E-state index is 0.149. The number of rotatable bonds is 8. The third-order valence-corrected chi connectivity index (χ3v) is 1.49. The monoisotopic (exact) mass is 231 g/mol. The van der Waals surface area contributed by atoms with Crippen molar-refractivity contribution in [2.24, 2.45) is 10.8 Å². The Morgan fingerprint density at radius 2 is 2.25 bits per heavy atom. The van der Waals surface area contributed by atoms with E-state index in [-0.39, 0.29) is 26.3 Å². The number of carboxylic acids is 1. The van der Waals surface area contributed by atoms with Crippen LogP contribution in [0.3, 0.4) is 0 Å². The molecular formula is C7H13N5O4. The lowest BCUT2D eigenvalue weighted by molar-refractivity contribution is -0.142. The summed E-state index contributed by atoms with van der Waals surface area (Å²) in [6.45, 7) is 0.791. The second-order valence-electron chi connectivity index (χ2n) is 2.67. The summed E-state index contributed by atoms with van der Waals surface area (Å²) in [6.07, 6.45) is 0. The van der Waals surface area contributed by atoms with Crippen LogP contribution in [0.2, 0.25) is 0 Å². The zero-order valence-electron chi connectivity index (χ0n) is 8.50. The van der Waals surface area contributed by atoms with Gasteiger partial charge >= 0.3 is 5.97 Å². The minimum atomic E-state index is -1.57. The van der Waals surface area contributed by atoms with Gasteiger partial charge in [-0.05, 0) is 5.53 Å². The molecule has 16 heavy (non-hydrogen) atoms. The average Bonchev–Trinajstić information content (AvgIpc) is 2.26. The van der Waals surface area contributed by atoms with Gasteiger partial charge in [0, 0.05) is 18.0 Å². The van der Waals surface area contributed by atoms with Crippen molar-refractivity contribution in [3.05, 3.63) is 10.4 Å². The Labute approximate surface area is 91.2 Å². The van der Waals surface area contributed by atoms with Crippen molar-refractivity contribution in [2.45, 2.75) is 6.04 Å². The molecule has 0 heterocycles. The van der Waals surface area contributed by atoms with Crippen LogP contribution in [0.4, 0.5) is 0 Å². The first kappa shape index (κ1) is 14.2. The predicted octanol–water partition coefficient (Wildman–Crippen LogP) is -1.16. The van der Waals surface area contributed by atoms with Gasteiger partial charge in [-0.15, -0.1) is 0 Å². The minimum Gasteiger partial charge on any atom is -0.480 e. The highest BCUT2D eigenvalue weighted by molar-refractivity contribution is 6.00. The number of ether oxygens (including phenoxy) is 1. The summed E-state index contributed by atoms with van der Waals surface area (Å²) in [7, 11) is 0. The van der Waals surface area contributed by atoms with Gasteiger partial charge in [-0.3, -0.25) is 4.79 Å². The van der Waals surface area contributed by atoms with Crippen molar-refractivity contribution in [1.29, 1.82) is 0 Å². The molecule has 1 unspecified atom stereocenters. The van der Waals surface area contributed by atoms with Gasteiger partial charge in [0.15, 0.2) is 6.04 Å². The summed E-state index contributed by atoms with van der Waals surface area (Å²) in [6, 6.07) is -1.57. The molecule has 0 fully saturated rings. The van der Waals surface area contributed by atoms with Crippen molar-refractivity contribution in [3.63, 3.8) is 0 Å². The topological polar surface area (TPSA) is 150 Å². The molecule has 1 atom stereocenters. The van der Waals surface area contributed by atoms with Gasteiger partial charge in [0.05, 0.1) is 13.2 Å². The summed E-state index contributed by atoms with van der Waals surface area (Å²) in [4.78, 5) is 23.8. The number of carbonyl (C=O) groups excluding carboxylic acids is 1. The SMILES string of the molecule is [N-]=[N+]=NCCOCCNC(=O)C(N)C(=O)O. The number of azide groups is 1. The molecule has 0 bridgehead atoms. The number of nitrogens with zero attached hydrogens (tertiary/aromatic N) is 3. The van der Waals surface area contributed by atoms with E-state index in [1.54, 1.807) is 0 Å². The first-order chi connectivity index (χ1) is 7.59. The molecule has 90 valence electrons. The fourth-order valence-electron chi connectivity index (χ4n) is 0.721. The molecule has 0 saturated heterocycles. The van der Waals surface area contributed by atoms with Crippen LogP contribution in [-0.2, 0) is 14.3 Å². The van der Waals surface area contributed by atoms with Crippen molar-refractivity contribution in [1.82, 2.24) is 5.32 Å². The molecule has 1 amide bonds. The summed E-state index contributed by atoms with van der Waals surface area (Å²) < 4.78 is 4.96. The lowest BCUT2D eigenvalue weighted by Crippen LogP contribution is -2.46. The fourth-order valence-corrected chi connectivity index (χ4v) is 0.721. The summed E-state index contributed by atoms with van der Waals surface area (Å²) in [5.41, 5.74) is 13.0. The van der Waals surface area contributed by atoms with E-state index < -0.39 is 17.9 Å². The lowest BCUT2D eigenvalue weighted by atomic mass is 10.3. The highest BCUT2D eigenvalue weighted by Crippen LogP contribution is 1.80. The molecule has 4 N–H and O–H groups in total. The number of nitrogens with two attached hydrogens (primary N) is 1. The van der Waals surface area contributed by atoms with E-state index in [2.05, 4.69) is 15.3 Å². The molecule has 9 heteroatoms. The number of hydrogen-bond acceptors (Lipinski definition) is 5. The smallest absolute Gasteiger partial charge is 0.330 e. The molecule has 9 nitrogen and oxygen atoms in total. The van der Waals surface area contributed by atoms with Gasteiger partial charge in [-0.25, -0.2) is 4.79 Å². The van der Waals surface area contributed by atoms with Crippen LogP contribution in [0, 0.1) is 0 Å². The standard InChI is InChI=1S/C7H13N5O4/c8-5(7(14)15)6(13)10-1-3-16-4-2-11-12-9/h5H,1-4,8H2,(H,10,13)(H,14,15). The van der Waals surface area contributed by atoms with Gasteiger partial charge in [0.25, 0.3) is 0 Å². The van der Waals surface area contributed by atoms with Crippen LogP contribution < -0.4 is 11.1 Å². The van der Waals surface area contributed by atoms with E-state index >= 15 is 0 Å². The van der Waals surface area contributed by atoms with Gasteiger partial charge in [0.2, 0.25) is 5.91 Å². The molecule has 0 aliphatic rings. The Balaban J connectivity index is 3.48. The number of carboxylic acid groups (broad SMARTS) is 1. The molecule has 0 aromatic rings. The van der Waals surface area contributed by atoms with Crippen molar-refractivity contribution >= 4 is 11.9 Å². The number of aliphatic carboxylic acids is 1. The molecular weight excluding hydrogens is 218 g/mol. The van der Waals surface area contributed by atoms with Gasteiger partial charge in [0.1, 0.15) is 0 Å². The summed E-state index contributed by atoms with van der Waals surface area (Å²) in [5, 5.41) is 13.9. The molecule has 0 radical (unpaired) electrons. The molecule has 0 saturated carbocycles. The highest BCUT2D eigenvalue weighted by Gasteiger charge is 2.20. The molecule has 0 aliphatic heterocycles. The zero-order chi connectivity index (χ0) is 12.4. The van der Waals surface area contributed by atoms with E-state index in [1.807, 2.05) is 0 Å². The maximum Gasteiger partial charge on any atom is 0.330 e. The normalized spacial score (nSPS) is 11.3. The van der Waals surface area contributed by atoms with Crippen LogP contribution in [-0.4, -0.2) is 49.3 Å². The fraction of sp³-hybridized carbons (Fsp3) is 0.714.